The van der Waals surface area contributed by atoms with Crippen LogP contribution in [0.25, 0.3) is 55.0 Å². The number of nitrogens with zero attached hydrogens (tertiary/aromatic N) is 2. The number of benzene rings is 11. The largest absolute Gasteiger partial charge is 0.309 e. The Kier molecular flexibility index (Phi) is 11.5. The van der Waals surface area contributed by atoms with E-state index >= 15 is 0 Å². The highest BCUT2D eigenvalue weighted by Gasteiger charge is 2.24. The monoisotopic (exact) mass is 960 g/mol. The average molecular weight is 961 g/mol. The minimum atomic E-state index is -0.817. The van der Waals surface area contributed by atoms with Gasteiger partial charge < -0.3 is 9.13 Å². The second kappa shape index (κ2) is 18.9. The molecule has 0 saturated carbocycles. The third-order valence-electron chi connectivity index (χ3n) is 13.6. The van der Waals surface area contributed by atoms with E-state index in [1.807, 2.05) is 0 Å². The van der Waals surface area contributed by atoms with Crippen LogP contribution in [-0.4, -0.2) is 9.13 Å². The molecule has 0 fully saturated rings. The number of hydrogen-bond acceptors (Lipinski definition) is 0. The van der Waals surface area contributed by atoms with Gasteiger partial charge in [-0.15, -0.1) is 0 Å². The summed E-state index contributed by atoms with van der Waals surface area (Å²) in [5, 5.41) is 17.1. The Hall–Kier alpha value is -7.69. The van der Waals surface area contributed by atoms with Gasteiger partial charge in [0.1, 0.15) is 0 Å². The Morgan fingerprint density at radius 2 is 0.451 bits per heavy atom. The number of para-hydroxylation sites is 1. The van der Waals surface area contributed by atoms with Gasteiger partial charge in [-0.3, -0.25) is 0 Å². The van der Waals surface area contributed by atoms with Gasteiger partial charge in [0.25, 0.3) is 0 Å². The lowest BCUT2D eigenvalue weighted by Crippen LogP contribution is -2.20. The van der Waals surface area contributed by atoms with Crippen LogP contribution in [0.3, 0.4) is 0 Å². The molecule has 11 aromatic carbocycles. The zero-order valence-electron chi connectivity index (χ0n) is 38.9. The molecule has 2 nitrogen and oxygen atoms in total. The van der Waals surface area contributed by atoms with E-state index < -0.39 is 23.8 Å². The molecule has 336 valence electrons. The number of fused-ring (bicyclic) bond motifs is 6. The summed E-state index contributed by atoms with van der Waals surface area (Å²) in [5.41, 5.74) is 7.04. The summed E-state index contributed by atoms with van der Waals surface area (Å²) in [7, 11) is -2.39. The van der Waals surface area contributed by atoms with E-state index in [2.05, 4.69) is 294 Å². The van der Waals surface area contributed by atoms with Crippen molar-refractivity contribution in [3.63, 3.8) is 0 Å². The normalized spacial score (nSPS) is 11.8. The van der Waals surface area contributed by atoms with Gasteiger partial charge in [0.15, 0.2) is 0 Å². The van der Waals surface area contributed by atoms with Crippen LogP contribution in [0.4, 0.5) is 0 Å². The van der Waals surface area contributed by atoms with Crippen LogP contribution in [0.2, 0.25) is 0 Å². The molecule has 0 atom stereocenters. The lowest BCUT2D eigenvalue weighted by molar-refractivity contribution is 1.13. The Morgan fingerprint density at radius 3 is 0.775 bits per heavy atom. The van der Waals surface area contributed by atoms with Gasteiger partial charge in [0, 0.05) is 32.9 Å². The van der Waals surface area contributed by atoms with E-state index in [1.165, 1.54) is 91.4 Å². The molecule has 0 amide bonds. The molecule has 0 bridgehead atoms. The number of hydrogen-bond donors (Lipinski definition) is 0. The molecule has 0 radical (unpaired) electrons. The minimum absolute atomic E-state index is 0.761. The minimum Gasteiger partial charge on any atom is -0.309 e. The van der Waals surface area contributed by atoms with E-state index in [0.717, 1.165) is 11.4 Å². The van der Waals surface area contributed by atoms with Crippen LogP contribution in [0, 0.1) is 0 Å². The quantitative estimate of drug-likeness (QED) is 0.114. The molecular formula is C66H47N2P3. The average Bonchev–Trinajstić information content (AvgIpc) is 3.95. The fourth-order valence-electron chi connectivity index (χ4n) is 10.5. The Morgan fingerprint density at radius 1 is 0.183 bits per heavy atom. The van der Waals surface area contributed by atoms with Crippen LogP contribution >= 0.6 is 23.8 Å². The molecule has 0 aliphatic heterocycles. The molecule has 2 heterocycles. The first kappa shape index (κ1) is 43.3. The standard InChI is InChI=1S/C66H47N2P3/c1-7-24-50(25-8-1)69(51-26-9-2-10-27-51)56-38-41-64-60(45-56)59-36-19-20-37-63(59)67(64)48-22-21-23-49(44-48)68-65-42-39-57(70(52-28-11-3-12-29-52)53-30-13-4-14-31-53)46-61(65)62-47-58(40-43-66(62)68)71(54-32-15-5-16-33-54)55-34-17-6-18-35-55/h1-47H. The maximum atomic E-state index is 2.51. The summed E-state index contributed by atoms with van der Waals surface area (Å²) in [6.07, 6.45) is 0. The van der Waals surface area contributed by atoms with Gasteiger partial charge >= 0.3 is 0 Å². The van der Waals surface area contributed by atoms with Crippen molar-refractivity contribution in [3.8, 4) is 11.4 Å². The molecule has 0 aliphatic rings. The predicted molar refractivity (Wildman–Crippen MR) is 311 cm³/mol. The third kappa shape index (κ3) is 8.00. The van der Waals surface area contributed by atoms with Crippen LogP contribution < -0.4 is 47.7 Å². The molecule has 0 N–H and O–H groups in total. The van der Waals surface area contributed by atoms with Crippen molar-refractivity contribution >= 4 is 115 Å². The summed E-state index contributed by atoms with van der Waals surface area (Å²) in [4.78, 5) is 0. The Labute approximate surface area is 418 Å². The third-order valence-corrected chi connectivity index (χ3v) is 20.9. The first-order valence-corrected chi connectivity index (χ1v) is 28.2. The molecule has 5 heteroatoms. The molecule has 0 saturated heterocycles. The first-order chi connectivity index (χ1) is 35.2. The summed E-state index contributed by atoms with van der Waals surface area (Å²) in [5.74, 6) is 0. The summed E-state index contributed by atoms with van der Waals surface area (Å²) in [6.45, 7) is 0. The van der Waals surface area contributed by atoms with Gasteiger partial charge in [0.2, 0.25) is 0 Å². The summed E-state index contributed by atoms with van der Waals surface area (Å²) < 4.78 is 4.97. The van der Waals surface area contributed by atoms with Gasteiger partial charge in [0.05, 0.1) is 22.1 Å². The van der Waals surface area contributed by atoms with E-state index in [1.54, 1.807) is 0 Å². The lowest BCUT2D eigenvalue weighted by Gasteiger charge is -2.20. The van der Waals surface area contributed by atoms with Crippen molar-refractivity contribution in [2.24, 2.45) is 0 Å². The molecule has 13 rings (SSSR count). The maximum Gasteiger partial charge on any atom is 0.0541 e. The summed E-state index contributed by atoms with van der Waals surface area (Å²) in [6, 6.07) is 106. The van der Waals surface area contributed by atoms with E-state index in [0.29, 0.717) is 0 Å². The van der Waals surface area contributed by atoms with Crippen LogP contribution in [-0.2, 0) is 0 Å². The lowest BCUT2D eigenvalue weighted by atomic mass is 10.1. The zero-order chi connectivity index (χ0) is 47.1. The molecular weight excluding hydrogens is 914 g/mol. The van der Waals surface area contributed by atoms with Crippen molar-refractivity contribution < 1.29 is 0 Å². The van der Waals surface area contributed by atoms with Crippen LogP contribution in [0.15, 0.2) is 285 Å². The molecule has 71 heavy (non-hydrogen) atoms. The topological polar surface area (TPSA) is 9.86 Å². The van der Waals surface area contributed by atoms with Crippen LogP contribution in [0.5, 0.6) is 0 Å². The van der Waals surface area contributed by atoms with Crippen molar-refractivity contribution in [1.82, 2.24) is 9.13 Å². The van der Waals surface area contributed by atoms with Crippen molar-refractivity contribution in [2.45, 2.75) is 0 Å². The predicted octanol–water partition coefficient (Wildman–Crippen LogP) is 13.2. The fraction of sp³-hybridized carbons (Fsp3) is 0. The smallest absolute Gasteiger partial charge is 0.0541 e. The molecule has 13 aromatic rings. The second-order valence-corrected chi connectivity index (χ2v) is 24.5. The zero-order valence-corrected chi connectivity index (χ0v) is 41.6. The van der Waals surface area contributed by atoms with Crippen molar-refractivity contribution in [1.29, 1.82) is 0 Å². The van der Waals surface area contributed by atoms with Crippen molar-refractivity contribution in [3.05, 3.63) is 285 Å². The fourth-order valence-corrected chi connectivity index (χ4v) is 17.5. The second-order valence-electron chi connectivity index (χ2n) is 17.8. The Bertz CT molecular complexity index is 3730. The van der Waals surface area contributed by atoms with Gasteiger partial charge in [-0.25, -0.2) is 0 Å². The highest BCUT2D eigenvalue weighted by molar-refractivity contribution is 7.80. The van der Waals surface area contributed by atoms with Gasteiger partial charge in [-0.1, -0.05) is 224 Å². The molecule has 0 spiro atoms. The highest BCUT2D eigenvalue weighted by atomic mass is 31.1. The maximum absolute atomic E-state index is 2.51. The SMILES string of the molecule is c1ccc(P(c2ccccc2)c2ccc3c(c2)c2ccccc2n3-c2cccc(-n3c4ccc(P(c5ccccc5)c5ccccc5)cc4c4cc(P(c5ccccc5)c5ccccc5)ccc43)c2)cc1. The number of rotatable bonds is 11. The van der Waals surface area contributed by atoms with Gasteiger partial charge in [-0.2, -0.15) is 0 Å². The number of aromatic nitrogens is 2. The van der Waals surface area contributed by atoms with E-state index in [9.17, 15) is 0 Å². The highest BCUT2D eigenvalue weighted by Crippen LogP contribution is 2.42. The van der Waals surface area contributed by atoms with Crippen LogP contribution in [0.1, 0.15) is 0 Å². The van der Waals surface area contributed by atoms with Gasteiger partial charge in [-0.05, 0) is 132 Å². The molecule has 2 aromatic heterocycles. The first-order valence-electron chi connectivity index (χ1n) is 24.2. The van der Waals surface area contributed by atoms with E-state index in [4.69, 9.17) is 0 Å². The van der Waals surface area contributed by atoms with E-state index in [-0.39, 0.29) is 0 Å². The van der Waals surface area contributed by atoms with Crippen molar-refractivity contribution in [2.75, 3.05) is 0 Å². The molecule has 0 unspecified atom stereocenters. The summed E-state index contributed by atoms with van der Waals surface area (Å²) >= 11 is 0. The Balaban J connectivity index is 1.01. The molecule has 0 aliphatic carbocycles.